The number of hydrogen-bond acceptors (Lipinski definition) is 2. The second-order valence-corrected chi connectivity index (χ2v) is 3.69. The maximum absolute atomic E-state index is 10.4. The predicted octanol–water partition coefficient (Wildman–Crippen LogP) is 2.89. The van der Waals surface area contributed by atoms with Crippen molar-refractivity contribution in [1.82, 2.24) is 0 Å². The Morgan fingerprint density at radius 2 is 2.00 bits per heavy atom. The molecule has 0 aliphatic rings. The lowest BCUT2D eigenvalue weighted by molar-refractivity contribution is -0.137. The van der Waals surface area contributed by atoms with E-state index in [1.54, 1.807) is 18.2 Å². The molecule has 3 N–H and O–H groups in total. The molecule has 0 amide bonds. The van der Waals surface area contributed by atoms with Gasteiger partial charge in [0.2, 0.25) is 0 Å². The number of aliphatic carboxylic acids is 1. The van der Waals surface area contributed by atoms with Crippen LogP contribution in [0.15, 0.2) is 18.2 Å². The summed E-state index contributed by atoms with van der Waals surface area (Å²) in [5.41, 5.74) is 6.30. The van der Waals surface area contributed by atoms with Crippen molar-refractivity contribution in [3.8, 4) is 0 Å². The number of carboxylic acids is 1. The minimum absolute atomic E-state index is 0. The molecule has 0 fully saturated rings. The Labute approximate surface area is 104 Å². The van der Waals surface area contributed by atoms with Gasteiger partial charge in [0.1, 0.15) is 0 Å². The fourth-order valence-corrected chi connectivity index (χ4v) is 1.36. The first-order valence-electron chi connectivity index (χ1n) is 3.93. The molecular formula is C9H10Cl3NO2. The lowest BCUT2D eigenvalue weighted by atomic mass is 10.1. The lowest BCUT2D eigenvalue weighted by Gasteiger charge is -2.09. The Morgan fingerprint density at radius 3 is 2.47 bits per heavy atom. The van der Waals surface area contributed by atoms with Crippen LogP contribution in [0.25, 0.3) is 0 Å². The first-order valence-corrected chi connectivity index (χ1v) is 4.68. The third-order valence-electron chi connectivity index (χ3n) is 1.77. The molecule has 0 aliphatic heterocycles. The molecule has 0 spiro atoms. The molecule has 1 aromatic carbocycles. The zero-order valence-electron chi connectivity index (χ0n) is 7.61. The van der Waals surface area contributed by atoms with E-state index in [1.165, 1.54) is 0 Å². The van der Waals surface area contributed by atoms with E-state index >= 15 is 0 Å². The smallest absolute Gasteiger partial charge is 0.305 e. The van der Waals surface area contributed by atoms with Crippen LogP contribution in [-0.4, -0.2) is 11.1 Å². The molecule has 0 heterocycles. The quantitative estimate of drug-likeness (QED) is 0.887. The Bertz CT molecular complexity index is 357. The summed E-state index contributed by atoms with van der Waals surface area (Å²) < 4.78 is 0. The van der Waals surface area contributed by atoms with Gasteiger partial charge in [-0.1, -0.05) is 29.3 Å². The SMILES string of the molecule is Cl.NC(CC(=O)O)c1ccc(Cl)c(Cl)c1. The molecule has 1 atom stereocenters. The molecule has 1 rings (SSSR count). The highest BCUT2D eigenvalue weighted by Crippen LogP contribution is 2.25. The van der Waals surface area contributed by atoms with Crippen molar-refractivity contribution in [3.63, 3.8) is 0 Å². The van der Waals surface area contributed by atoms with Crippen molar-refractivity contribution in [2.75, 3.05) is 0 Å². The monoisotopic (exact) mass is 269 g/mol. The zero-order valence-corrected chi connectivity index (χ0v) is 9.94. The number of nitrogens with two attached hydrogens (primary N) is 1. The predicted molar refractivity (Wildman–Crippen MR) is 62.9 cm³/mol. The van der Waals surface area contributed by atoms with E-state index in [2.05, 4.69) is 0 Å². The van der Waals surface area contributed by atoms with Gasteiger partial charge < -0.3 is 10.8 Å². The van der Waals surface area contributed by atoms with Crippen LogP contribution in [-0.2, 0) is 4.79 Å². The van der Waals surface area contributed by atoms with Crippen LogP contribution < -0.4 is 5.73 Å². The first kappa shape index (κ1) is 14.5. The van der Waals surface area contributed by atoms with E-state index in [4.69, 9.17) is 34.0 Å². The topological polar surface area (TPSA) is 63.3 Å². The number of halogens is 3. The molecule has 1 aromatic rings. The van der Waals surface area contributed by atoms with Gasteiger partial charge in [0, 0.05) is 6.04 Å². The summed E-state index contributed by atoms with van der Waals surface area (Å²) in [6, 6.07) is 4.29. The van der Waals surface area contributed by atoms with Crippen LogP contribution in [0.1, 0.15) is 18.0 Å². The second-order valence-electron chi connectivity index (χ2n) is 2.88. The van der Waals surface area contributed by atoms with Gasteiger partial charge in [-0.25, -0.2) is 0 Å². The van der Waals surface area contributed by atoms with Crippen LogP contribution in [0.2, 0.25) is 10.0 Å². The van der Waals surface area contributed by atoms with Gasteiger partial charge in [-0.3, -0.25) is 4.79 Å². The Hall–Kier alpha value is -0.480. The van der Waals surface area contributed by atoms with Crippen LogP contribution in [0, 0.1) is 0 Å². The molecule has 0 aliphatic carbocycles. The summed E-state index contributed by atoms with van der Waals surface area (Å²) in [4.78, 5) is 10.4. The summed E-state index contributed by atoms with van der Waals surface area (Å²) in [6.07, 6.45) is -0.127. The highest BCUT2D eigenvalue weighted by Gasteiger charge is 2.11. The summed E-state index contributed by atoms with van der Waals surface area (Å²) >= 11 is 11.5. The van der Waals surface area contributed by atoms with Gasteiger partial charge in [-0.2, -0.15) is 0 Å². The van der Waals surface area contributed by atoms with Crippen molar-refractivity contribution >= 4 is 41.6 Å². The third-order valence-corrected chi connectivity index (χ3v) is 2.51. The van der Waals surface area contributed by atoms with Gasteiger partial charge in [0.15, 0.2) is 0 Å². The van der Waals surface area contributed by atoms with Gasteiger partial charge in [-0.15, -0.1) is 12.4 Å². The molecule has 0 saturated carbocycles. The molecule has 3 nitrogen and oxygen atoms in total. The van der Waals surface area contributed by atoms with Gasteiger partial charge in [0.25, 0.3) is 0 Å². The molecule has 15 heavy (non-hydrogen) atoms. The van der Waals surface area contributed by atoms with Gasteiger partial charge in [-0.05, 0) is 17.7 Å². The van der Waals surface area contributed by atoms with Crippen LogP contribution in [0.4, 0.5) is 0 Å². The molecule has 1 unspecified atom stereocenters. The average Bonchev–Trinajstić information content (AvgIpc) is 2.08. The molecule has 0 saturated heterocycles. The highest BCUT2D eigenvalue weighted by atomic mass is 35.5. The largest absolute Gasteiger partial charge is 0.481 e. The van der Waals surface area contributed by atoms with Crippen molar-refractivity contribution < 1.29 is 9.90 Å². The number of hydrogen-bond donors (Lipinski definition) is 2. The third kappa shape index (κ3) is 4.26. The zero-order chi connectivity index (χ0) is 10.7. The molecule has 0 aromatic heterocycles. The Morgan fingerprint density at radius 1 is 1.40 bits per heavy atom. The van der Waals surface area contributed by atoms with Crippen molar-refractivity contribution in [2.24, 2.45) is 5.73 Å². The summed E-state index contributed by atoms with van der Waals surface area (Å²) in [5, 5.41) is 9.34. The fourth-order valence-electron chi connectivity index (χ4n) is 1.05. The second kappa shape index (κ2) is 6.18. The number of benzene rings is 1. The molecule has 0 radical (unpaired) electrons. The summed E-state index contributed by atoms with van der Waals surface area (Å²) in [6.45, 7) is 0. The molecule has 84 valence electrons. The fraction of sp³-hybridized carbons (Fsp3) is 0.222. The van der Waals surface area contributed by atoms with E-state index in [1.807, 2.05) is 0 Å². The van der Waals surface area contributed by atoms with Crippen molar-refractivity contribution in [1.29, 1.82) is 0 Å². The van der Waals surface area contributed by atoms with Crippen LogP contribution in [0.3, 0.4) is 0 Å². The highest BCUT2D eigenvalue weighted by molar-refractivity contribution is 6.42. The van der Waals surface area contributed by atoms with Gasteiger partial charge >= 0.3 is 5.97 Å². The maximum atomic E-state index is 10.4. The van der Waals surface area contributed by atoms with E-state index in [0.29, 0.717) is 15.6 Å². The minimum Gasteiger partial charge on any atom is -0.481 e. The van der Waals surface area contributed by atoms with Crippen molar-refractivity contribution in [2.45, 2.75) is 12.5 Å². The average molecular weight is 271 g/mol. The standard InChI is InChI=1S/C9H9Cl2NO2.ClH/c10-6-2-1-5(3-7(6)11)8(12)4-9(13)14;/h1-3,8H,4,12H2,(H,13,14);1H. The van der Waals surface area contributed by atoms with Crippen LogP contribution in [0.5, 0.6) is 0 Å². The normalized spacial score (nSPS) is 11.7. The first-order chi connectivity index (χ1) is 6.50. The van der Waals surface area contributed by atoms with E-state index in [9.17, 15) is 4.79 Å². The van der Waals surface area contributed by atoms with E-state index in [0.717, 1.165) is 0 Å². The lowest BCUT2D eigenvalue weighted by Crippen LogP contribution is -2.14. The van der Waals surface area contributed by atoms with Crippen molar-refractivity contribution in [3.05, 3.63) is 33.8 Å². The number of carboxylic acid groups (broad SMARTS) is 1. The molecular weight excluding hydrogens is 260 g/mol. The Kier molecular flexibility index (Phi) is 5.98. The maximum Gasteiger partial charge on any atom is 0.305 e. The minimum atomic E-state index is -0.941. The van der Waals surface area contributed by atoms with E-state index < -0.39 is 12.0 Å². The summed E-state index contributed by atoms with van der Waals surface area (Å²) in [5.74, 6) is -0.941. The summed E-state index contributed by atoms with van der Waals surface area (Å²) in [7, 11) is 0. The van der Waals surface area contributed by atoms with Crippen LogP contribution >= 0.6 is 35.6 Å². The molecule has 6 heteroatoms. The number of rotatable bonds is 3. The Balaban J connectivity index is 0.00000196. The molecule has 0 bridgehead atoms. The van der Waals surface area contributed by atoms with E-state index in [-0.39, 0.29) is 18.8 Å². The number of carbonyl (C=O) groups is 1. The van der Waals surface area contributed by atoms with Gasteiger partial charge in [0.05, 0.1) is 16.5 Å².